The lowest BCUT2D eigenvalue weighted by Gasteiger charge is -2.32. The van der Waals surface area contributed by atoms with Gasteiger partial charge in [-0.25, -0.2) is 4.39 Å². The number of carboxylic acid groups (broad SMARTS) is 1. The maximum atomic E-state index is 13.8. The first kappa shape index (κ1) is 22.7. The fraction of sp³-hybridized carbons (Fsp3) is 0.346. The molecule has 33 heavy (non-hydrogen) atoms. The summed E-state index contributed by atoms with van der Waals surface area (Å²) in [5.74, 6) is -1.38. The van der Waals surface area contributed by atoms with E-state index in [2.05, 4.69) is 4.98 Å². The first-order valence-electron chi connectivity index (χ1n) is 11.1. The minimum atomic E-state index is -0.871. The second-order valence-corrected chi connectivity index (χ2v) is 8.67. The Balaban J connectivity index is 1.57. The lowest BCUT2D eigenvalue weighted by Crippen LogP contribution is -2.47. The predicted octanol–water partition coefficient (Wildman–Crippen LogP) is 4.75. The quantitative estimate of drug-likeness (QED) is 0.607. The predicted molar refractivity (Wildman–Crippen MR) is 124 cm³/mol. The number of hydrogen-bond acceptors (Lipinski definition) is 4. The Labute approximate surface area is 192 Å². The minimum absolute atomic E-state index is 0.209. The molecule has 0 aliphatic carbocycles. The van der Waals surface area contributed by atoms with Crippen molar-refractivity contribution in [2.45, 2.75) is 39.7 Å². The van der Waals surface area contributed by atoms with Gasteiger partial charge in [0.15, 0.2) is 6.10 Å². The highest BCUT2D eigenvalue weighted by atomic mass is 19.1. The van der Waals surface area contributed by atoms with Gasteiger partial charge in [-0.2, -0.15) is 0 Å². The fourth-order valence-corrected chi connectivity index (χ4v) is 4.65. The molecular weight excluding hydrogens is 423 g/mol. The van der Waals surface area contributed by atoms with Crippen LogP contribution in [-0.4, -0.2) is 46.1 Å². The summed E-state index contributed by atoms with van der Waals surface area (Å²) < 4.78 is 19.7. The SMILES string of the molecule is Cc1cc(F)cc(C)c1-c1ccnc2cc(OC(C)C(=O)N3CCC[C@H](C(=O)O)C3)ccc12. The number of carbonyl (C=O) groups excluding carboxylic acids is 1. The molecule has 2 heterocycles. The van der Waals surface area contributed by atoms with Crippen LogP contribution in [-0.2, 0) is 9.59 Å². The van der Waals surface area contributed by atoms with Crippen LogP contribution in [0, 0.1) is 25.6 Å². The zero-order valence-corrected chi connectivity index (χ0v) is 19.0. The van der Waals surface area contributed by atoms with E-state index >= 15 is 0 Å². The Morgan fingerprint density at radius 2 is 1.91 bits per heavy atom. The number of benzene rings is 2. The van der Waals surface area contributed by atoms with E-state index in [1.165, 1.54) is 12.1 Å². The number of amides is 1. The van der Waals surface area contributed by atoms with Crippen LogP contribution in [0.3, 0.4) is 0 Å². The van der Waals surface area contributed by atoms with Gasteiger partial charge in [0.2, 0.25) is 0 Å². The normalized spacial score (nSPS) is 17.1. The second kappa shape index (κ2) is 9.17. The molecule has 1 aliphatic heterocycles. The molecule has 2 aromatic carbocycles. The number of hydrogen-bond donors (Lipinski definition) is 1. The van der Waals surface area contributed by atoms with Crippen LogP contribution in [0.15, 0.2) is 42.6 Å². The van der Waals surface area contributed by atoms with Gasteiger partial charge >= 0.3 is 5.97 Å². The van der Waals surface area contributed by atoms with Gasteiger partial charge in [0, 0.05) is 30.7 Å². The Bertz CT molecular complexity index is 1200. The van der Waals surface area contributed by atoms with Gasteiger partial charge in [0.25, 0.3) is 5.91 Å². The molecule has 172 valence electrons. The second-order valence-electron chi connectivity index (χ2n) is 8.67. The highest BCUT2D eigenvalue weighted by Gasteiger charge is 2.31. The molecule has 1 fully saturated rings. The lowest BCUT2D eigenvalue weighted by atomic mass is 9.93. The molecule has 3 aromatic rings. The van der Waals surface area contributed by atoms with Crippen LogP contribution in [0.2, 0.25) is 0 Å². The topological polar surface area (TPSA) is 79.7 Å². The number of carboxylic acids is 1. The standard InChI is InChI=1S/C26H27FN2O4/c1-15-11-19(27)12-16(2)24(15)22-8-9-28-23-13-20(6-7-21(22)23)33-17(3)25(30)29-10-4-5-18(14-29)26(31)32/h6-9,11-13,17-18H,4-5,10,14H2,1-3H3,(H,31,32)/t17?,18-/m0/s1. The van der Waals surface area contributed by atoms with E-state index in [9.17, 15) is 19.1 Å². The van der Waals surface area contributed by atoms with E-state index in [0.717, 1.165) is 27.6 Å². The van der Waals surface area contributed by atoms with Gasteiger partial charge < -0.3 is 14.7 Å². The number of ether oxygens (including phenoxy) is 1. The van der Waals surface area contributed by atoms with Gasteiger partial charge in [0.05, 0.1) is 11.4 Å². The molecule has 1 aliphatic rings. The Kier molecular flexibility index (Phi) is 6.31. The van der Waals surface area contributed by atoms with Crippen LogP contribution < -0.4 is 4.74 Å². The van der Waals surface area contributed by atoms with Crippen LogP contribution >= 0.6 is 0 Å². The van der Waals surface area contributed by atoms with Gasteiger partial charge in [-0.3, -0.25) is 14.6 Å². The summed E-state index contributed by atoms with van der Waals surface area (Å²) in [5.41, 5.74) is 4.33. The van der Waals surface area contributed by atoms with E-state index in [-0.39, 0.29) is 18.3 Å². The van der Waals surface area contributed by atoms with Crippen LogP contribution in [0.5, 0.6) is 5.75 Å². The summed E-state index contributed by atoms with van der Waals surface area (Å²) in [5, 5.41) is 10.2. The summed E-state index contributed by atoms with van der Waals surface area (Å²) in [6.07, 6.45) is 2.21. The number of aromatic nitrogens is 1. The zero-order chi connectivity index (χ0) is 23.7. The summed E-state index contributed by atoms with van der Waals surface area (Å²) >= 11 is 0. The molecule has 1 saturated heterocycles. The number of nitrogens with zero attached hydrogens (tertiary/aromatic N) is 2. The van der Waals surface area contributed by atoms with Gasteiger partial charge in [-0.15, -0.1) is 0 Å². The van der Waals surface area contributed by atoms with Gasteiger partial charge in [-0.05, 0) is 86.2 Å². The maximum absolute atomic E-state index is 13.8. The third kappa shape index (κ3) is 4.67. The van der Waals surface area contributed by atoms with Crippen molar-refractivity contribution in [1.82, 2.24) is 9.88 Å². The summed E-state index contributed by atoms with van der Waals surface area (Å²) in [6, 6.07) is 10.4. The summed E-state index contributed by atoms with van der Waals surface area (Å²) in [6.45, 7) is 6.19. The van der Waals surface area contributed by atoms with E-state index < -0.39 is 18.0 Å². The monoisotopic (exact) mass is 450 g/mol. The van der Waals surface area contributed by atoms with E-state index in [1.54, 1.807) is 30.2 Å². The summed E-state index contributed by atoms with van der Waals surface area (Å²) in [7, 11) is 0. The number of rotatable bonds is 5. The van der Waals surface area contributed by atoms with E-state index in [1.807, 2.05) is 26.0 Å². The molecule has 0 saturated carbocycles. The first-order chi connectivity index (χ1) is 15.7. The maximum Gasteiger partial charge on any atom is 0.308 e. The molecule has 7 heteroatoms. The van der Waals surface area contributed by atoms with Crippen molar-refractivity contribution in [3.63, 3.8) is 0 Å². The number of aryl methyl sites for hydroxylation is 2. The van der Waals surface area contributed by atoms with Crippen molar-refractivity contribution in [2.75, 3.05) is 13.1 Å². The smallest absolute Gasteiger partial charge is 0.308 e. The number of likely N-dealkylation sites (tertiary alicyclic amines) is 1. The molecule has 6 nitrogen and oxygen atoms in total. The van der Waals surface area contributed by atoms with Crippen molar-refractivity contribution in [2.24, 2.45) is 5.92 Å². The Morgan fingerprint density at radius 3 is 2.61 bits per heavy atom. The number of carbonyl (C=O) groups is 2. The van der Waals surface area contributed by atoms with Crippen molar-refractivity contribution >= 4 is 22.8 Å². The molecule has 1 N–H and O–H groups in total. The first-order valence-corrected chi connectivity index (χ1v) is 11.1. The van der Waals surface area contributed by atoms with Crippen LogP contribution in [0.25, 0.3) is 22.0 Å². The average Bonchev–Trinajstić information content (AvgIpc) is 2.78. The van der Waals surface area contributed by atoms with Gasteiger partial charge in [-0.1, -0.05) is 0 Å². The highest BCUT2D eigenvalue weighted by Crippen LogP contribution is 2.34. The molecule has 1 aromatic heterocycles. The third-order valence-electron chi connectivity index (χ3n) is 6.22. The zero-order valence-electron chi connectivity index (χ0n) is 19.0. The molecule has 1 unspecified atom stereocenters. The molecule has 0 spiro atoms. The molecule has 0 radical (unpaired) electrons. The number of piperidine rings is 1. The van der Waals surface area contributed by atoms with E-state index in [4.69, 9.17) is 4.74 Å². The minimum Gasteiger partial charge on any atom is -0.481 e. The Hall–Kier alpha value is -3.48. The third-order valence-corrected chi connectivity index (χ3v) is 6.22. The lowest BCUT2D eigenvalue weighted by molar-refractivity contribution is -0.147. The summed E-state index contributed by atoms with van der Waals surface area (Å²) in [4.78, 5) is 30.2. The van der Waals surface area contributed by atoms with Crippen LogP contribution in [0.4, 0.5) is 4.39 Å². The fourth-order valence-electron chi connectivity index (χ4n) is 4.65. The van der Waals surface area contributed by atoms with Crippen LogP contribution in [0.1, 0.15) is 30.9 Å². The Morgan fingerprint density at radius 1 is 1.18 bits per heavy atom. The molecule has 1 amide bonds. The van der Waals surface area contributed by atoms with Crippen molar-refractivity contribution in [3.05, 3.63) is 59.5 Å². The molecular formula is C26H27FN2O4. The molecule has 0 bridgehead atoms. The van der Waals surface area contributed by atoms with Crippen molar-refractivity contribution in [1.29, 1.82) is 0 Å². The average molecular weight is 451 g/mol. The number of fused-ring (bicyclic) bond motifs is 1. The number of pyridine rings is 1. The highest BCUT2D eigenvalue weighted by molar-refractivity contribution is 5.96. The van der Waals surface area contributed by atoms with Crippen molar-refractivity contribution < 1.29 is 23.8 Å². The number of aliphatic carboxylic acids is 1. The van der Waals surface area contributed by atoms with Gasteiger partial charge in [0.1, 0.15) is 11.6 Å². The van der Waals surface area contributed by atoms with Crippen molar-refractivity contribution in [3.8, 4) is 16.9 Å². The molecule has 4 rings (SSSR count). The molecule has 2 atom stereocenters. The number of halogens is 1. The largest absolute Gasteiger partial charge is 0.481 e. The van der Waals surface area contributed by atoms with E-state index in [0.29, 0.717) is 30.7 Å².